The van der Waals surface area contributed by atoms with Gasteiger partial charge < -0.3 is 29.3 Å². The van der Waals surface area contributed by atoms with Crippen molar-refractivity contribution in [1.82, 2.24) is 19.4 Å². The van der Waals surface area contributed by atoms with Crippen LogP contribution in [0.4, 0.5) is 23.0 Å². The predicted octanol–water partition coefficient (Wildman–Crippen LogP) is 5.22. The average Bonchev–Trinajstić information content (AvgIpc) is 3.17. The summed E-state index contributed by atoms with van der Waals surface area (Å²) in [5, 5.41) is 3.99. The van der Waals surface area contributed by atoms with Crippen LogP contribution in [0.15, 0.2) is 90.4 Å². The third kappa shape index (κ3) is 6.75. The normalized spacial score (nSPS) is 14.6. The molecule has 12 nitrogen and oxygen atoms in total. The Hall–Kier alpha value is -5.72. The number of nitrogens with zero attached hydrogens (tertiary/aromatic N) is 6. The molecular formula is C39H41N7O5. The lowest BCUT2D eigenvalue weighted by atomic mass is 10.1. The van der Waals surface area contributed by atoms with Gasteiger partial charge in [0.05, 0.1) is 44.5 Å². The standard InChI is InChI=1S/C39H41N7O5/c1-5-35(47)45-16-15-44(32-8-6-7-26(2)36(32)45)33-21-29-24-41-39(40-23-28-11-14-31(49-3)22-34(28)50-4)42-37(29)46(38(33)48)30-12-9-27(10-13-30)25-43-17-19-51-20-18-43/h5-14,21-22,24H,1,15-20,23,25H2,2-4H3,(H,40,41,42). The van der Waals surface area contributed by atoms with Crippen LogP contribution in [-0.2, 0) is 22.6 Å². The summed E-state index contributed by atoms with van der Waals surface area (Å²) in [6, 6.07) is 21.4. The highest BCUT2D eigenvalue weighted by Gasteiger charge is 2.30. The van der Waals surface area contributed by atoms with E-state index in [2.05, 4.69) is 33.9 Å². The summed E-state index contributed by atoms with van der Waals surface area (Å²) >= 11 is 0. The van der Waals surface area contributed by atoms with Gasteiger partial charge in [0.15, 0.2) is 5.65 Å². The number of aromatic nitrogens is 3. The Bertz CT molecular complexity index is 2140. The zero-order valence-corrected chi connectivity index (χ0v) is 29.1. The van der Waals surface area contributed by atoms with E-state index in [4.69, 9.17) is 19.2 Å². The van der Waals surface area contributed by atoms with Crippen LogP contribution in [0.2, 0.25) is 0 Å². The molecule has 0 saturated carbocycles. The molecule has 5 aromatic rings. The van der Waals surface area contributed by atoms with Gasteiger partial charge in [-0.2, -0.15) is 4.98 Å². The van der Waals surface area contributed by atoms with E-state index >= 15 is 0 Å². The molecule has 51 heavy (non-hydrogen) atoms. The van der Waals surface area contributed by atoms with Crippen molar-refractivity contribution in [1.29, 1.82) is 0 Å². The summed E-state index contributed by atoms with van der Waals surface area (Å²) in [6.07, 6.45) is 3.06. The fraction of sp³-hybridized carbons (Fsp3) is 0.282. The fourth-order valence-electron chi connectivity index (χ4n) is 6.77. The molecule has 4 heterocycles. The molecule has 1 fully saturated rings. The molecule has 3 aromatic carbocycles. The number of carbonyl (C=O) groups is 1. The van der Waals surface area contributed by atoms with E-state index in [1.807, 2.05) is 66.4 Å². The van der Waals surface area contributed by atoms with Gasteiger partial charge in [0, 0.05) is 62.5 Å². The maximum atomic E-state index is 14.8. The molecule has 0 radical (unpaired) electrons. The van der Waals surface area contributed by atoms with Gasteiger partial charge in [-0.1, -0.05) is 30.8 Å². The number of amides is 1. The first-order chi connectivity index (χ1) is 24.9. The number of morpholine rings is 1. The van der Waals surface area contributed by atoms with Crippen molar-refractivity contribution in [2.75, 3.05) is 68.7 Å². The molecule has 0 unspecified atom stereocenters. The predicted molar refractivity (Wildman–Crippen MR) is 199 cm³/mol. The zero-order chi connectivity index (χ0) is 35.5. The molecule has 1 amide bonds. The van der Waals surface area contributed by atoms with Gasteiger partial charge in [0.1, 0.15) is 17.2 Å². The highest BCUT2D eigenvalue weighted by molar-refractivity contribution is 6.05. The van der Waals surface area contributed by atoms with Crippen LogP contribution in [-0.4, -0.2) is 79.0 Å². The highest BCUT2D eigenvalue weighted by atomic mass is 16.5. The number of carbonyl (C=O) groups excluding carboxylic acids is 1. The Morgan fingerprint density at radius 3 is 2.53 bits per heavy atom. The molecule has 1 N–H and O–H groups in total. The first-order valence-electron chi connectivity index (χ1n) is 17.0. The van der Waals surface area contributed by atoms with Gasteiger partial charge in [0.2, 0.25) is 5.95 Å². The topological polar surface area (TPSA) is 114 Å². The molecule has 0 aliphatic carbocycles. The van der Waals surface area contributed by atoms with Gasteiger partial charge >= 0.3 is 0 Å². The van der Waals surface area contributed by atoms with Crippen LogP contribution in [0, 0.1) is 6.92 Å². The van der Waals surface area contributed by atoms with Crippen molar-refractivity contribution >= 4 is 40.0 Å². The Balaban J connectivity index is 1.31. The van der Waals surface area contributed by atoms with Gasteiger partial charge in [-0.15, -0.1) is 0 Å². The van der Waals surface area contributed by atoms with Crippen molar-refractivity contribution in [3.63, 3.8) is 0 Å². The maximum absolute atomic E-state index is 14.8. The van der Waals surface area contributed by atoms with E-state index in [0.717, 1.165) is 60.9 Å². The second-order valence-corrected chi connectivity index (χ2v) is 12.5. The first-order valence-corrected chi connectivity index (χ1v) is 17.0. The highest BCUT2D eigenvalue weighted by Crippen LogP contribution is 2.40. The van der Waals surface area contributed by atoms with Crippen molar-refractivity contribution in [3.8, 4) is 17.2 Å². The quantitative estimate of drug-likeness (QED) is 0.196. The number of aryl methyl sites for hydroxylation is 1. The van der Waals surface area contributed by atoms with Gasteiger partial charge in [-0.05, 0) is 60.5 Å². The van der Waals surface area contributed by atoms with E-state index in [-0.39, 0.29) is 11.5 Å². The molecule has 1 saturated heterocycles. The van der Waals surface area contributed by atoms with Crippen LogP contribution >= 0.6 is 0 Å². The lowest BCUT2D eigenvalue weighted by Gasteiger charge is -2.38. The molecule has 12 heteroatoms. The Morgan fingerprint density at radius 2 is 1.78 bits per heavy atom. The second-order valence-electron chi connectivity index (χ2n) is 12.5. The van der Waals surface area contributed by atoms with E-state index in [0.29, 0.717) is 59.5 Å². The number of nitrogens with one attached hydrogen (secondary N) is 1. The van der Waals surface area contributed by atoms with Crippen LogP contribution in [0.5, 0.6) is 11.5 Å². The molecule has 7 rings (SSSR count). The van der Waals surface area contributed by atoms with E-state index in [1.165, 1.54) is 6.08 Å². The van der Waals surface area contributed by atoms with Crippen molar-refractivity contribution < 1.29 is 19.0 Å². The SMILES string of the molecule is C=CC(=O)N1CCN(c2cc3cnc(NCc4ccc(OC)cc4OC)nc3n(-c3ccc(CN4CCOCC4)cc3)c2=O)c2cccc(C)c21. The van der Waals surface area contributed by atoms with Crippen LogP contribution in [0.1, 0.15) is 16.7 Å². The number of fused-ring (bicyclic) bond motifs is 2. The smallest absolute Gasteiger partial charge is 0.280 e. The maximum Gasteiger partial charge on any atom is 0.280 e. The van der Waals surface area contributed by atoms with Gasteiger partial charge in [0.25, 0.3) is 11.5 Å². The number of rotatable bonds is 10. The number of hydrogen-bond donors (Lipinski definition) is 1. The second kappa shape index (κ2) is 14.6. The fourth-order valence-corrected chi connectivity index (χ4v) is 6.77. The largest absolute Gasteiger partial charge is 0.497 e. The summed E-state index contributed by atoms with van der Waals surface area (Å²) in [5.41, 5.74) is 5.88. The molecular weight excluding hydrogens is 646 g/mol. The summed E-state index contributed by atoms with van der Waals surface area (Å²) in [6.45, 7) is 10.9. The number of methoxy groups -OCH3 is 2. The number of para-hydroxylation sites is 1. The summed E-state index contributed by atoms with van der Waals surface area (Å²) in [7, 11) is 3.23. The molecule has 2 aliphatic heterocycles. The Morgan fingerprint density at radius 1 is 0.980 bits per heavy atom. The number of hydrogen-bond acceptors (Lipinski definition) is 10. The average molecular weight is 688 g/mol. The summed E-state index contributed by atoms with van der Waals surface area (Å²) in [4.78, 5) is 43.3. The van der Waals surface area contributed by atoms with Gasteiger partial charge in [-0.25, -0.2) is 4.98 Å². The van der Waals surface area contributed by atoms with E-state index < -0.39 is 0 Å². The van der Waals surface area contributed by atoms with Crippen molar-refractivity contribution in [2.45, 2.75) is 20.0 Å². The number of ether oxygens (including phenoxy) is 3. The molecule has 2 aliphatic rings. The van der Waals surface area contributed by atoms with Crippen LogP contribution in [0.3, 0.4) is 0 Å². The van der Waals surface area contributed by atoms with Crippen LogP contribution < -0.4 is 30.1 Å². The summed E-state index contributed by atoms with van der Waals surface area (Å²) in [5.74, 6) is 1.55. The van der Waals surface area contributed by atoms with E-state index in [1.54, 1.807) is 29.9 Å². The number of benzene rings is 3. The van der Waals surface area contributed by atoms with Crippen molar-refractivity contribution in [3.05, 3.63) is 113 Å². The zero-order valence-electron chi connectivity index (χ0n) is 29.1. The van der Waals surface area contributed by atoms with Crippen molar-refractivity contribution in [2.24, 2.45) is 0 Å². The first kappa shape index (κ1) is 33.8. The molecule has 0 spiro atoms. The lowest BCUT2D eigenvalue weighted by molar-refractivity contribution is -0.114. The molecule has 0 bridgehead atoms. The Kier molecular flexibility index (Phi) is 9.69. The third-order valence-electron chi connectivity index (χ3n) is 9.41. The minimum absolute atomic E-state index is 0.181. The monoisotopic (exact) mass is 687 g/mol. The minimum atomic E-state index is -0.235. The summed E-state index contributed by atoms with van der Waals surface area (Å²) < 4.78 is 18.1. The third-order valence-corrected chi connectivity index (χ3v) is 9.41. The van der Waals surface area contributed by atoms with Gasteiger partial charge in [-0.3, -0.25) is 19.1 Å². The lowest BCUT2D eigenvalue weighted by Crippen LogP contribution is -2.43. The van der Waals surface area contributed by atoms with E-state index in [9.17, 15) is 9.59 Å². The molecule has 0 atom stereocenters. The van der Waals surface area contributed by atoms with Crippen LogP contribution in [0.25, 0.3) is 16.7 Å². The number of anilines is 4. The molecule has 2 aromatic heterocycles. The Labute approximate surface area is 296 Å². The minimum Gasteiger partial charge on any atom is -0.497 e. The molecule has 262 valence electrons. The number of pyridine rings is 1.